The molecule has 0 amide bonds. The molecule has 0 bridgehead atoms. The van der Waals surface area contributed by atoms with Gasteiger partial charge in [0.05, 0.1) is 16.9 Å². The second-order valence-corrected chi connectivity index (χ2v) is 12.0. The Labute approximate surface area is 254 Å². The van der Waals surface area contributed by atoms with Crippen LogP contribution in [-0.4, -0.2) is 15.0 Å². The zero-order chi connectivity index (χ0) is 29.4. The van der Waals surface area contributed by atoms with Gasteiger partial charge >= 0.3 is 0 Å². The lowest BCUT2D eigenvalue weighted by Gasteiger charge is -2.21. The van der Waals surface area contributed by atoms with Crippen LogP contribution in [0.3, 0.4) is 0 Å². The van der Waals surface area contributed by atoms with Crippen LogP contribution in [0.25, 0.3) is 77.9 Å². The van der Waals surface area contributed by atoms with Gasteiger partial charge in [-0.05, 0) is 23.3 Å². The number of hydrogen-bond acceptors (Lipinski definition) is 4. The Bertz CT molecular complexity index is 2400. The standard InChI is InChI=1S/C40H27N3O/c1-40(2)30-17-9-6-14-27(30)34-33-29-16-8-11-19-32(29)44-37(33)36(42-38(34)40)25-20-22-26(23-21-25)39-41-31-18-10-7-15-28(31)35(43-39)24-12-4-3-5-13-24/h3-23H,1-2H3. The SMILES string of the molecule is CC1(C)c2ccccc2-c2c1nc(-c1ccc(-c3nc(-c4ccccc4)c4ccccc4n3)cc1)c1oc3ccccc3c21. The molecule has 0 N–H and O–H groups in total. The minimum absolute atomic E-state index is 0.236. The lowest BCUT2D eigenvalue weighted by Crippen LogP contribution is -2.17. The van der Waals surface area contributed by atoms with E-state index >= 15 is 0 Å². The monoisotopic (exact) mass is 565 g/mol. The van der Waals surface area contributed by atoms with E-state index in [1.54, 1.807) is 0 Å². The van der Waals surface area contributed by atoms with Crippen LogP contribution < -0.4 is 0 Å². The van der Waals surface area contributed by atoms with Crippen LogP contribution >= 0.6 is 0 Å². The molecule has 3 aromatic heterocycles. The highest BCUT2D eigenvalue weighted by Crippen LogP contribution is 2.53. The van der Waals surface area contributed by atoms with Crippen molar-refractivity contribution in [1.29, 1.82) is 0 Å². The molecular formula is C40H27N3O. The zero-order valence-electron chi connectivity index (χ0n) is 24.4. The fourth-order valence-corrected chi connectivity index (χ4v) is 6.88. The van der Waals surface area contributed by atoms with Gasteiger partial charge in [0.2, 0.25) is 0 Å². The quantitative estimate of drug-likeness (QED) is 0.214. The van der Waals surface area contributed by atoms with Crippen LogP contribution in [-0.2, 0) is 5.41 Å². The predicted octanol–water partition coefficient (Wildman–Crippen LogP) is 10.2. The number of furan rings is 1. The second kappa shape index (κ2) is 9.19. The smallest absolute Gasteiger partial charge is 0.162 e. The number of nitrogens with zero attached hydrogens (tertiary/aromatic N) is 3. The van der Waals surface area contributed by atoms with Gasteiger partial charge in [0, 0.05) is 43.8 Å². The fraction of sp³-hybridized carbons (Fsp3) is 0.0750. The van der Waals surface area contributed by atoms with E-state index in [1.165, 1.54) is 16.7 Å². The molecule has 0 fully saturated rings. The Morgan fingerprint density at radius 1 is 0.545 bits per heavy atom. The van der Waals surface area contributed by atoms with Gasteiger partial charge < -0.3 is 4.42 Å². The topological polar surface area (TPSA) is 51.8 Å². The lowest BCUT2D eigenvalue weighted by molar-refractivity contribution is 0.634. The third kappa shape index (κ3) is 3.54. The van der Waals surface area contributed by atoms with Crippen LogP contribution in [0.2, 0.25) is 0 Å². The molecule has 0 radical (unpaired) electrons. The molecule has 0 atom stereocenters. The van der Waals surface area contributed by atoms with E-state index < -0.39 is 0 Å². The van der Waals surface area contributed by atoms with Gasteiger partial charge in [-0.25, -0.2) is 15.0 Å². The highest BCUT2D eigenvalue weighted by atomic mass is 16.3. The van der Waals surface area contributed by atoms with Crippen LogP contribution in [0, 0.1) is 0 Å². The summed E-state index contributed by atoms with van der Waals surface area (Å²) in [6.07, 6.45) is 0. The summed E-state index contributed by atoms with van der Waals surface area (Å²) in [4.78, 5) is 15.4. The van der Waals surface area contributed by atoms with E-state index in [0.29, 0.717) is 5.82 Å². The molecular weight excluding hydrogens is 538 g/mol. The first kappa shape index (κ1) is 24.9. The second-order valence-electron chi connectivity index (χ2n) is 12.0. The summed E-state index contributed by atoms with van der Waals surface area (Å²) in [6, 6.07) is 43.9. The Hall–Kier alpha value is -5.61. The van der Waals surface area contributed by atoms with Crippen molar-refractivity contribution >= 4 is 32.8 Å². The van der Waals surface area contributed by atoms with E-state index in [9.17, 15) is 0 Å². The first-order valence-corrected chi connectivity index (χ1v) is 15.0. The summed E-state index contributed by atoms with van der Waals surface area (Å²) in [6.45, 7) is 4.54. The highest BCUT2D eigenvalue weighted by Gasteiger charge is 2.39. The van der Waals surface area contributed by atoms with E-state index in [4.69, 9.17) is 19.4 Å². The van der Waals surface area contributed by atoms with Crippen molar-refractivity contribution in [3.63, 3.8) is 0 Å². The molecule has 208 valence electrons. The van der Waals surface area contributed by atoms with Gasteiger partial charge in [0.1, 0.15) is 11.3 Å². The molecule has 3 heterocycles. The van der Waals surface area contributed by atoms with Crippen LogP contribution in [0.5, 0.6) is 0 Å². The number of benzene rings is 5. The van der Waals surface area contributed by atoms with Gasteiger partial charge in [0.15, 0.2) is 11.4 Å². The number of para-hydroxylation sites is 2. The van der Waals surface area contributed by atoms with Gasteiger partial charge in [-0.3, -0.25) is 0 Å². The third-order valence-corrected chi connectivity index (χ3v) is 9.05. The van der Waals surface area contributed by atoms with E-state index in [0.717, 1.165) is 66.6 Å². The highest BCUT2D eigenvalue weighted by molar-refractivity contribution is 6.17. The number of rotatable bonds is 3. The molecule has 8 aromatic rings. The van der Waals surface area contributed by atoms with Crippen LogP contribution in [0.1, 0.15) is 25.1 Å². The molecule has 4 heteroatoms. The van der Waals surface area contributed by atoms with Crippen molar-refractivity contribution in [2.24, 2.45) is 0 Å². The molecule has 1 aliphatic carbocycles. The van der Waals surface area contributed by atoms with Crippen molar-refractivity contribution in [3.05, 3.63) is 139 Å². The number of aromatic nitrogens is 3. The number of pyridine rings is 1. The molecule has 5 aromatic carbocycles. The zero-order valence-corrected chi connectivity index (χ0v) is 24.4. The predicted molar refractivity (Wildman–Crippen MR) is 178 cm³/mol. The van der Waals surface area contributed by atoms with E-state index in [-0.39, 0.29) is 5.41 Å². The first-order chi connectivity index (χ1) is 21.6. The summed E-state index contributed by atoms with van der Waals surface area (Å²) >= 11 is 0. The summed E-state index contributed by atoms with van der Waals surface area (Å²) in [5.41, 5.74) is 12.0. The summed E-state index contributed by atoms with van der Waals surface area (Å²) in [7, 11) is 0. The van der Waals surface area contributed by atoms with Crippen molar-refractivity contribution < 1.29 is 4.42 Å². The summed E-state index contributed by atoms with van der Waals surface area (Å²) in [5, 5.41) is 3.29. The molecule has 0 saturated heterocycles. The first-order valence-electron chi connectivity index (χ1n) is 15.0. The van der Waals surface area contributed by atoms with Gasteiger partial charge in [-0.2, -0.15) is 0 Å². The largest absolute Gasteiger partial charge is 0.454 e. The Morgan fingerprint density at radius 2 is 1.20 bits per heavy atom. The average molecular weight is 566 g/mol. The normalized spacial score (nSPS) is 13.4. The van der Waals surface area contributed by atoms with Gasteiger partial charge in [-0.1, -0.05) is 129 Å². The molecule has 4 nitrogen and oxygen atoms in total. The Morgan fingerprint density at radius 3 is 2.05 bits per heavy atom. The average Bonchev–Trinajstić information content (AvgIpc) is 3.57. The molecule has 9 rings (SSSR count). The Kier molecular flexibility index (Phi) is 5.21. The Balaban J connectivity index is 1.24. The maximum absolute atomic E-state index is 6.59. The molecule has 44 heavy (non-hydrogen) atoms. The maximum Gasteiger partial charge on any atom is 0.162 e. The number of fused-ring (bicyclic) bond motifs is 8. The molecule has 0 saturated carbocycles. The minimum Gasteiger partial charge on any atom is -0.454 e. The van der Waals surface area contributed by atoms with Crippen molar-refractivity contribution in [3.8, 4) is 45.0 Å². The number of hydrogen-bond donors (Lipinski definition) is 0. The fourth-order valence-electron chi connectivity index (χ4n) is 6.88. The van der Waals surface area contributed by atoms with Crippen molar-refractivity contribution in [2.45, 2.75) is 19.3 Å². The summed E-state index contributed by atoms with van der Waals surface area (Å²) < 4.78 is 6.59. The van der Waals surface area contributed by atoms with Crippen LogP contribution in [0.15, 0.2) is 132 Å². The summed E-state index contributed by atoms with van der Waals surface area (Å²) in [5.74, 6) is 0.696. The van der Waals surface area contributed by atoms with E-state index in [1.807, 2.05) is 48.5 Å². The molecule has 1 aliphatic rings. The van der Waals surface area contributed by atoms with Gasteiger partial charge in [0.25, 0.3) is 0 Å². The molecule has 0 spiro atoms. The molecule has 0 unspecified atom stereocenters. The van der Waals surface area contributed by atoms with Gasteiger partial charge in [-0.15, -0.1) is 0 Å². The third-order valence-electron chi connectivity index (χ3n) is 9.05. The van der Waals surface area contributed by atoms with Crippen molar-refractivity contribution in [1.82, 2.24) is 15.0 Å². The minimum atomic E-state index is -0.236. The van der Waals surface area contributed by atoms with Crippen LogP contribution in [0.4, 0.5) is 0 Å². The maximum atomic E-state index is 6.59. The van der Waals surface area contributed by atoms with E-state index in [2.05, 4.69) is 92.7 Å². The lowest BCUT2D eigenvalue weighted by atomic mass is 9.85. The molecule has 0 aliphatic heterocycles. The van der Waals surface area contributed by atoms with Crippen molar-refractivity contribution in [2.75, 3.05) is 0 Å².